The van der Waals surface area contributed by atoms with E-state index in [4.69, 9.17) is 4.74 Å². The molecule has 110 valence electrons. The van der Waals surface area contributed by atoms with Crippen molar-refractivity contribution in [1.29, 1.82) is 0 Å². The summed E-state index contributed by atoms with van der Waals surface area (Å²) in [4.78, 5) is 5.16. The molecule has 0 spiro atoms. The van der Waals surface area contributed by atoms with Crippen LogP contribution < -0.4 is 4.74 Å². The lowest BCUT2D eigenvalue weighted by Crippen LogP contribution is -2.41. The van der Waals surface area contributed by atoms with Crippen LogP contribution in [0, 0.1) is 0 Å². The monoisotopic (exact) mass is 274 g/mol. The topological polar surface area (TPSA) is 15.7 Å². The molecule has 0 aliphatic carbocycles. The maximum Gasteiger partial charge on any atom is 0.119 e. The summed E-state index contributed by atoms with van der Waals surface area (Å²) in [6.07, 6.45) is 5.28. The second-order valence-electron chi connectivity index (χ2n) is 6.17. The average Bonchev–Trinajstić information content (AvgIpc) is 2.50. The van der Waals surface area contributed by atoms with E-state index in [1.54, 1.807) is 7.11 Å². The van der Waals surface area contributed by atoms with Crippen molar-refractivity contribution < 1.29 is 4.74 Å². The third-order valence-electron chi connectivity index (χ3n) is 4.85. The molecule has 2 heterocycles. The van der Waals surface area contributed by atoms with Gasteiger partial charge in [0.15, 0.2) is 0 Å². The Morgan fingerprint density at radius 3 is 2.70 bits per heavy atom. The molecule has 1 aromatic carbocycles. The number of likely N-dealkylation sites (N-methyl/N-ethyl adjacent to an activating group) is 1. The van der Waals surface area contributed by atoms with Crippen molar-refractivity contribution in [1.82, 2.24) is 9.80 Å². The number of likely N-dealkylation sites (tertiary alicyclic amines) is 1. The fraction of sp³-hybridized carbons (Fsp3) is 0.647. The lowest BCUT2D eigenvalue weighted by Gasteiger charge is -2.39. The normalized spacial score (nSPS) is 24.4. The number of nitrogens with zero attached hydrogens (tertiary/aromatic N) is 2. The van der Waals surface area contributed by atoms with Gasteiger partial charge < -0.3 is 9.64 Å². The highest BCUT2D eigenvalue weighted by atomic mass is 16.5. The van der Waals surface area contributed by atoms with Crippen molar-refractivity contribution in [3.05, 3.63) is 29.3 Å². The third-order valence-corrected chi connectivity index (χ3v) is 4.85. The summed E-state index contributed by atoms with van der Waals surface area (Å²) in [5.41, 5.74) is 2.98. The van der Waals surface area contributed by atoms with Crippen LogP contribution in [0.3, 0.4) is 0 Å². The van der Waals surface area contributed by atoms with E-state index >= 15 is 0 Å². The number of piperidine rings is 1. The number of benzene rings is 1. The van der Waals surface area contributed by atoms with Gasteiger partial charge in [-0.2, -0.15) is 0 Å². The van der Waals surface area contributed by atoms with Crippen LogP contribution in [0.4, 0.5) is 0 Å². The average molecular weight is 274 g/mol. The van der Waals surface area contributed by atoms with E-state index in [2.05, 4.69) is 35.0 Å². The summed E-state index contributed by atoms with van der Waals surface area (Å²) in [6, 6.07) is 7.16. The molecule has 20 heavy (non-hydrogen) atoms. The van der Waals surface area contributed by atoms with Crippen LogP contribution in [0.5, 0.6) is 5.75 Å². The smallest absolute Gasteiger partial charge is 0.119 e. The highest BCUT2D eigenvalue weighted by Gasteiger charge is 2.27. The molecule has 2 aliphatic heterocycles. The Balaban J connectivity index is 1.79. The molecule has 0 radical (unpaired) electrons. The first-order valence-electron chi connectivity index (χ1n) is 7.87. The Morgan fingerprint density at radius 2 is 1.95 bits per heavy atom. The van der Waals surface area contributed by atoms with Crippen LogP contribution in [-0.2, 0) is 6.42 Å². The van der Waals surface area contributed by atoms with Crippen molar-refractivity contribution in [2.24, 2.45) is 0 Å². The molecule has 1 aromatic rings. The maximum absolute atomic E-state index is 5.37. The summed E-state index contributed by atoms with van der Waals surface area (Å²) in [5.74, 6) is 0.991. The predicted octanol–water partition coefficient (Wildman–Crippen LogP) is 2.71. The number of ether oxygens (including phenoxy) is 1. The first-order valence-corrected chi connectivity index (χ1v) is 7.87. The van der Waals surface area contributed by atoms with Crippen LogP contribution in [0.1, 0.15) is 36.4 Å². The molecular formula is C17H26N2O. The van der Waals surface area contributed by atoms with Crippen molar-refractivity contribution >= 4 is 0 Å². The van der Waals surface area contributed by atoms with E-state index < -0.39 is 0 Å². The first-order chi connectivity index (χ1) is 9.78. The molecule has 0 aromatic heterocycles. The van der Waals surface area contributed by atoms with E-state index in [-0.39, 0.29) is 0 Å². The quantitative estimate of drug-likeness (QED) is 0.843. The minimum absolute atomic E-state index is 0.544. The number of methoxy groups -OCH3 is 1. The van der Waals surface area contributed by atoms with E-state index in [0.717, 1.165) is 18.7 Å². The molecule has 1 atom stereocenters. The lowest BCUT2D eigenvalue weighted by atomic mass is 9.92. The Bertz CT molecular complexity index is 454. The van der Waals surface area contributed by atoms with E-state index in [1.165, 1.54) is 50.0 Å². The largest absolute Gasteiger partial charge is 0.497 e. The van der Waals surface area contributed by atoms with Crippen LogP contribution >= 0.6 is 0 Å². The maximum atomic E-state index is 5.37. The van der Waals surface area contributed by atoms with Crippen LogP contribution in [0.25, 0.3) is 0 Å². The van der Waals surface area contributed by atoms with Gasteiger partial charge in [0.1, 0.15) is 5.75 Å². The van der Waals surface area contributed by atoms with Gasteiger partial charge in [0.2, 0.25) is 0 Å². The molecule has 3 nitrogen and oxygen atoms in total. The number of fused-ring (bicyclic) bond motifs is 1. The predicted molar refractivity (Wildman–Crippen MR) is 82.4 cm³/mol. The molecular weight excluding hydrogens is 248 g/mol. The van der Waals surface area contributed by atoms with Gasteiger partial charge in [-0.15, -0.1) is 0 Å². The zero-order valence-corrected chi connectivity index (χ0v) is 12.8. The number of hydrogen-bond donors (Lipinski definition) is 0. The molecule has 1 fully saturated rings. The number of rotatable bonds is 3. The van der Waals surface area contributed by atoms with Gasteiger partial charge in [-0.1, -0.05) is 12.5 Å². The van der Waals surface area contributed by atoms with Crippen molar-refractivity contribution in [3.63, 3.8) is 0 Å². The third kappa shape index (κ3) is 2.84. The molecule has 1 saturated heterocycles. The van der Waals surface area contributed by atoms with Gasteiger partial charge in [-0.3, -0.25) is 4.90 Å². The minimum atomic E-state index is 0.544. The highest BCUT2D eigenvalue weighted by Crippen LogP contribution is 2.32. The Kier molecular flexibility index (Phi) is 4.27. The molecule has 3 rings (SSSR count). The van der Waals surface area contributed by atoms with Gasteiger partial charge in [0.25, 0.3) is 0 Å². The fourth-order valence-corrected chi connectivity index (χ4v) is 3.57. The molecule has 2 aliphatic rings. The molecule has 0 saturated carbocycles. The SMILES string of the molecule is COc1ccc2c(c1)CCN(C)C2CN1CCCCC1. The van der Waals surface area contributed by atoms with Crippen molar-refractivity contribution in [3.8, 4) is 5.75 Å². The van der Waals surface area contributed by atoms with Crippen LogP contribution in [0.2, 0.25) is 0 Å². The van der Waals surface area contributed by atoms with E-state index in [0.29, 0.717) is 6.04 Å². The van der Waals surface area contributed by atoms with Crippen molar-refractivity contribution in [2.45, 2.75) is 31.7 Å². The van der Waals surface area contributed by atoms with Crippen molar-refractivity contribution in [2.75, 3.05) is 40.3 Å². The molecule has 0 bridgehead atoms. The molecule has 3 heteroatoms. The number of hydrogen-bond acceptors (Lipinski definition) is 3. The Morgan fingerprint density at radius 1 is 1.15 bits per heavy atom. The van der Waals surface area contributed by atoms with Gasteiger partial charge in [0, 0.05) is 19.1 Å². The summed E-state index contributed by atoms with van der Waals surface area (Å²) in [5, 5.41) is 0. The van der Waals surface area contributed by atoms with E-state index in [1.807, 2.05) is 0 Å². The van der Waals surface area contributed by atoms with Crippen LogP contribution in [-0.4, -0.2) is 50.1 Å². The standard InChI is InChI=1S/C17H26N2O/c1-18-11-8-14-12-15(20-2)6-7-16(14)17(18)13-19-9-4-3-5-10-19/h6-7,12,17H,3-5,8-11,13H2,1-2H3. The summed E-state index contributed by atoms with van der Waals surface area (Å²) in [6.45, 7) is 4.88. The van der Waals surface area contributed by atoms with Crippen LogP contribution in [0.15, 0.2) is 18.2 Å². The second kappa shape index (κ2) is 6.15. The molecule has 1 unspecified atom stereocenters. The zero-order valence-electron chi connectivity index (χ0n) is 12.8. The highest BCUT2D eigenvalue weighted by molar-refractivity contribution is 5.39. The minimum Gasteiger partial charge on any atom is -0.497 e. The Labute approximate surface area is 122 Å². The van der Waals surface area contributed by atoms with E-state index in [9.17, 15) is 0 Å². The summed E-state index contributed by atoms with van der Waals surface area (Å²) in [7, 11) is 4.02. The Hall–Kier alpha value is -1.06. The summed E-state index contributed by atoms with van der Waals surface area (Å²) < 4.78 is 5.37. The molecule has 0 amide bonds. The van der Waals surface area contributed by atoms with Gasteiger partial charge in [-0.25, -0.2) is 0 Å². The van der Waals surface area contributed by atoms with Gasteiger partial charge >= 0.3 is 0 Å². The van der Waals surface area contributed by atoms with Gasteiger partial charge in [-0.05, 0) is 62.7 Å². The molecule has 0 N–H and O–H groups in total. The zero-order chi connectivity index (χ0) is 13.9. The second-order valence-corrected chi connectivity index (χ2v) is 6.17. The first kappa shape index (κ1) is 13.9. The fourth-order valence-electron chi connectivity index (χ4n) is 3.57. The van der Waals surface area contributed by atoms with Gasteiger partial charge in [0.05, 0.1) is 7.11 Å². The lowest BCUT2D eigenvalue weighted by molar-refractivity contribution is 0.138. The summed E-state index contributed by atoms with van der Waals surface area (Å²) >= 11 is 0.